The van der Waals surface area contributed by atoms with Crippen LogP contribution in [0.25, 0.3) is 0 Å². The van der Waals surface area contributed by atoms with Crippen molar-refractivity contribution in [2.45, 2.75) is 13.2 Å². The van der Waals surface area contributed by atoms with Crippen molar-refractivity contribution in [3.05, 3.63) is 64.4 Å². The summed E-state index contributed by atoms with van der Waals surface area (Å²) in [6.07, 6.45) is 0. The van der Waals surface area contributed by atoms with E-state index in [0.29, 0.717) is 12.4 Å². The van der Waals surface area contributed by atoms with Gasteiger partial charge in [-0.2, -0.15) is 0 Å². The minimum Gasteiger partial charge on any atom is -0.489 e. The monoisotopic (exact) mass is 279 g/mol. The van der Waals surface area contributed by atoms with Crippen LogP contribution in [-0.2, 0) is 13.2 Å². The van der Waals surface area contributed by atoms with Gasteiger partial charge in [-0.25, -0.2) is 4.39 Å². The summed E-state index contributed by atoms with van der Waals surface area (Å²) in [6.45, 7) is 1.27. The molecule has 19 heavy (non-hydrogen) atoms. The molecular formula is C15H15ClFNO. The van der Waals surface area contributed by atoms with Gasteiger partial charge >= 0.3 is 0 Å². The van der Waals surface area contributed by atoms with Crippen LogP contribution < -0.4 is 10.1 Å². The van der Waals surface area contributed by atoms with Gasteiger partial charge in [0.05, 0.1) is 5.02 Å². The van der Waals surface area contributed by atoms with Crippen LogP contribution in [0.4, 0.5) is 4.39 Å². The second kappa shape index (κ2) is 6.55. The van der Waals surface area contributed by atoms with Gasteiger partial charge in [-0.3, -0.25) is 0 Å². The Morgan fingerprint density at radius 2 is 1.79 bits per heavy atom. The summed E-state index contributed by atoms with van der Waals surface area (Å²) in [5.74, 6) is 0.121. The van der Waals surface area contributed by atoms with Crippen molar-refractivity contribution in [3.8, 4) is 5.75 Å². The number of halogens is 2. The predicted molar refractivity (Wildman–Crippen MR) is 74.9 cm³/mol. The third-order valence-electron chi connectivity index (χ3n) is 2.70. The predicted octanol–water partition coefficient (Wildman–Crippen LogP) is 3.78. The van der Waals surface area contributed by atoms with Crippen LogP contribution >= 0.6 is 11.6 Å². The molecule has 0 saturated carbocycles. The van der Waals surface area contributed by atoms with Crippen molar-refractivity contribution in [3.63, 3.8) is 0 Å². The highest BCUT2D eigenvalue weighted by atomic mass is 35.5. The fraction of sp³-hybridized carbons (Fsp3) is 0.200. The number of benzene rings is 2. The Morgan fingerprint density at radius 1 is 1.11 bits per heavy atom. The lowest BCUT2D eigenvalue weighted by molar-refractivity contribution is 0.305. The second-order valence-corrected chi connectivity index (χ2v) is 4.62. The summed E-state index contributed by atoms with van der Waals surface area (Å²) in [5.41, 5.74) is 2.27. The van der Waals surface area contributed by atoms with E-state index in [9.17, 15) is 4.39 Å². The molecule has 0 aromatic heterocycles. The summed E-state index contributed by atoms with van der Waals surface area (Å²) < 4.78 is 18.5. The van der Waals surface area contributed by atoms with Gasteiger partial charge in [-0.05, 0) is 30.3 Å². The Hall–Kier alpha value is -1.58. The normalized spacial score (nSPS) is 10.5. The molecule has 2 rings (SSSR count). The molecule has 0 saturated heterocycles. The molecule has 0 bridgehead atoms. The van der Waals surface area contributed by atoms with Gasteiger partial charge < -0.3 is 10.1 Å². The molecule has 0 aliphatic heterocycles. The third kappa shape index (κ3) is 3.94. The molecule has 0 fully saturated rings. The summed E-state index contributed by atoms with van der Waals surface area (Å²) in [7, 11) is 1.91. The summed E-state index contributed by atoms with van der Waals surface area (Å²) in [4.78, 5) is 0. The molecule has 0 unspecified atom stereocenters. The van der Waals surface area contributed by atoms with Gasteiger partial charge in [0.15, 0.2) is 0 Å². The second-order valence-electron chi connectivity index (χ2n) is 4.21. The Balaban J connectivity index is 1.96. The van der Waals surface area contributed by atoms with E-state index in [1.165, 1.54) is 17.7 Å². The first-order chi connectivity index (χ1) is 9.19. The Morgan fingerprint density at radius 3 is 2.42 bits per heavy atom. The Kier molecular flexibility index (Phi) is 4.77. The number of rotatable bonds is 5. The van der Waals surface area contributed by atoms with Crippen LogP contribution in [0.15, 0.2) is 42.5 Å². The molecule has 100 valence electrons. The number of ether oxygens (including phenoxy) is 1. The van der Waals surface area contributed by atoms with E-state index in [1.54, 1.807) is 6.07 Å². The van der Waals surface area contributed by atoms with Gasteiger partial charge in [0, 0.05) is 12.6 Å². The molecule has 2 nitrogen and oxygen atoms in total. The Bertz CT molecular complexity index is 542. The summed E-state index contributed by atoms with van der Waals surface area (Å²) in [6, 6.07) is 12.5. The fourth-order valence-corrected chi connectivity index (χ4v) is 1.86. The third-order valence-corrected chi connectivity index (χ3v) is 2.99. The molecule has 2 aromatic carbocycles. The quantitative estimate of drug-likeness (QED) is 0.899. The molecule has 0 amide bonds. The summed E-state index contributed by atoms with van der Waals surface area (Å²) in [5, 5.41) is 3.16. The van der Waals surface area contributed by atoms with Crippen molar-refractivity contribution in [2.24, 2.45) is 0 Å². The first kappa shape index (κ1) is 13.8. The van der Waals surface area contributed by atoms with Crippen LogP contribution in [0.5, 0.6) is 5.75 Å². The molecule has 0 aliphatic rings. The van der Waals surface area contributed by atoms with E-state index in [2.05, 4.69) is 5.32 Å². The number of hydrogen-bond acceptors (Lipinski definition) is 2. The van der Waals surface area contributed by atoms with Gasteiger partial charge in [-0.15, -0.1) is 0 Å². The van der Waals surface area contributed by atoms with Gasteiger partial charge in [0.2, 0.25) is 0 Å². The van der Waals surface area contributed by atoms with Crippen LogP contribution in [0.2, 0.25) is 5.02 Å². The maximum absolute atomic E-state index is 13.0. The summed E-state index contributed by atoms with van der Waals surface area (Å²) >= 11 is 5.69. The largest absolute Gasteiger partial charge is 0.489 e. The highest BCUT2D eigenvalue weighted by molar-refractivity contribution is 6.30. The van der Waals surface area contributed by atoms with Gasteiger partial charge in [0.1, 0.15) is 18.2 Å². The van der Waals surface area contributed by atoms with Crippen LogP contribution in [0.3, 0.4) is 0 Å². The smallest absolute Gasteiger partial charge is 0.142 e. The van der Waals surface area contributed by atoms with E-state index in [1.807, 2.05) is 31.3 Å². The van der Waals surface area contributed by atoms with E-state index in [0.717, 1.165) is 12.1 Å². The van der Waals surface area contributed by atoms with Gasteiger partial charge in [0.25, 0.3) is 0 Å². The van der Waals surface area contributed by atoms with Crippen molar-refractivity contribution in [2.75, 3.05) is 7.05 Å². The molecule has 0 spiro atoms. The topological polar surface area (TPSA) is 21.3 Å². The van der Waals surface area contributed by atoms with Crippen molar-refractivity contribution in [1.82, 2.24) is 5.32 Å². The first-order valence-electron chi connectivity index (χ1n) is 5.99. The maximum atomic E-state index is 13.0. The molecule has 2 aromatic rings. The van der Waals surface area contributed by atoms with E-state index < -0.39 is 5.82 Å². The lowest BCUT2D eigenvalue weighted by Gasteiger charge is -2.08. The molecule has 4 heteroatoms. The highest BCUT2D eigenvalue weighted by Crippen LogP contribution is 2.21. The van der Waals surface area contributed by atoms with Crippen molar-refractivity contribution in [1.29, 1.82) is 0 Å². The van der Waals surface area contributed by atoms with Crippen LogP contribution in [0.1, 0.15) is 11.1 Å². The highest BCUT2D eigenvalue weighted by Gasteiger charge is 2.02. The molecule has 1 N–H and O–H groups in total. The average molecular weight is 280 g/mol. The number of hydrogen-bond donors (Lipinski definition) is 1. The zero-order chi connectivity index (χ0) is 13.7. The first-order valence-corrected chi connectivity index (χ1v) is 6.37. The molecule has 0 heterocycles. The molecule has 0 aliphatic carbocycles. The van der Waals surface area contributed by atoms with E-state index >= 15 is 0 Å². The zero-order valence-corrected chi connectivity index (χ0v) is 11.4. The minimum atomic E-state index is -0.439. The van der Waals surface area contributed by atoms with Crippen molar-refractivity contribution >= 4 is 11.6 Å². The minimum absolute atomic E-state index is 0.0712. The average Bonchev–Trinajstić information content (AvgIpc) is 2.42. The maximum Gasteiger partial charge on any atom is 0.142 e. The Labute approximate surface area is 117 Å². The van der Waals surface area contributed by atoms with E-state index in [-0.39, 0.29) is 5.02 Å². The van der Waals surface area contributed by atoms with Crippen molar-refractivity contribution < 1.29 is 9.13 Å². The standard InChI is InChI=1S/C15H15ClFNO/c1-18-9-11-2-4-12(5-3-11)10-19-13-6-7-15(17)14(16)8-13/h2-8,18H,9-10H2,1H3. The zero-order valence-electron chi connectivity index (χ0n) is 10.6. The lowest BCUT2D eigenvalue weighted by Crippen LogP contribution is -2.05. The van der Waals surface area contributed by atoms with E-state index in [4.69, 9.17) is 16.3 Å². The SMILES string of the molecule is CNCc1ccc(COc2ccc(F)c(Cl)c2)cc1. The molecule has 0 atom stereocenters. The number of nitrogens with one attached hydrogen (secondary N) is 1. The lowest BCUT2D eigenvalue weighted by atomic mass is 10.1. The van der Waals surface area contributed by atoms with Crippen LogP contribution in [0, 0.1) is 5.82 Å². The fourth-order valence-electron chi connectivity index (χ4n) is 1.69. The van der Waals surface area contributed by atoms with Crippen LogP contribution in [-0.4, -0.2) is 7.05 Å². The van der Waals surface area contributed by atoms with Gasteiger partial charge in [-0.1, -0.05) is 35.9 Å². The molecule has 0 radical (unpaired) electrons. The molecular weight excluding hydrogens is 265 g/mol.